The fraction of sp³-hybridized carbons (Fsp3) is 0.500. The van der Waals surface area contributed by atoms with Crippen molar-refractivity contribution in [2.75, 3.05) is 21.1 Å². The molecule has 1 aromatic rings. The minimum Gasteiger partial charge on any atom is -0.294 e. The predicted octanol–water partition coefficient (Wildman–Crippen LogP) is 2.12. The highest BCUT2D eigenvalue weighted by molar-refractivity contribution is 5.97. The predicted molar refractivity (Wildman–Crippen MR) is 63.0 cm³/mol. The number of hydrogen-bond donors (Lipinski definition) is 0. The van der Waals surface area contributed by atoms with Gasteiger partial charge in [-0.15, -0.1) is 0 Å². The lowest BCUT2D eigenvalue weighted by Crippen LogP contribution is -2.35. The first-order chi connectivity index (χ1) is 6.82. The van der Waals surface area contributed by atoms with Gasteiger partial charge in [0.25, 0.3) is 0 Å². The van der Waals surface area contributed by atoms with E-state index in [0.717, 1.165) is 5.82 Å². The molecule has 1 heterocycles. The molecular formula is C12H19N2O+. The number of aromatic nitrogens is 1. The van der Waals surface area contributed by atoms with Gasteiger partial charge in [0, 0.05) is 23.7 Å². The van der Waals surface area contributed by atoms with Gasteiger partial charge in [-0.05, 0) is 6.07 Å². The van der Waals surface area contributed by atoms with Gasteiger partial charge in [0.2, 0.25) is 5.82 Å². The van der Waals surface area contributed by atoms with Crippen LogP contribution in [-0.4, -0.2) is 31.9 Å². The quantitative estimate of drug-likeness (QED) is 0.561. The van der Waals surface area contributed by atoms with Crippen LogP contribution in [0, 0.1) is 5.92 Å². The third-order valence-electron chi connectivity index (χ3n) is 2.24. The lowest BCUT2D eigenvalue weighted by Gasteiger charge is -2.21. The molecule has 0 fully saturated rings. The lowest BCUT2D eigenvalue weighted by atomic mass is 10.0. The number of nitrogens with zero attached hydrogens (tertiary/aromatic N) is 2. The van der Waals surface area contributed by atoms with Gasteiger partial charge in [0.1, 0.15) is 0 Å². The molecular weight excluding hydrogens is 188 g/mol. The second kappa shape index (κ2) is 4.11. The van der Waals surface area contributed by atoms with Gasteiger partial charge in [-0.25, -0.2) is 4.98 Å². The van der Waals surface area contributed by atoms with E-state index in [1.165, 1.54) is 0 Å². The van der Waals surface area contributed by atoms with Crippen molar-refractivity contribution in [3.63, 3.8) is 0 Å². The van der Waals surface area contributed by atoms with E-state index in [-0.39, 0.29) is 11.7 Å². The minimum absolute atomic E-state index is 0.0294. The Hall–Kier alpha value is -1.22. The van der Waals surface area contributed by atoms with E-state index in [1.807, 2.05) is 47.1 Å². The van der Waals surface area contributed by atoms with Crippen LogP contribution < -0.4 is 4.48 Å². The van der Waals surface area contributed by atoms with E-state index in [4.69, 9.17) is 0 Å². The van der Waals surface area contributed by atoms with Crippen molar-refractivity contribution in [1.82, 2.24) is 9.47 Å². The Kier molecular flexibility index (Phi) is 3.25. The fourth-order valence-corrected chi connectivity index (χ4v) is 1.26. The van der Waals surface area contributed by atoms with Gasteiger partial charge < -0.3 is 0 Å². The summed E-state index contributed by atoms with van der Waals surface area (Å²) in [6.07, 6.45) is 1.67. The Morgan fingerprint density at radius 1 is 1.27 bits per heavy atom. The molecule has 0 spiro atoms. The van der Waals surface area contributed by atoms with Gasteiger partial charge in [-0.3, -0.25) is 9.28 Å². The minimum atomic E-state index is 0.0294. The Balaban J connectivity index is 2.96. The van der Waals surface area contributed by atoms with Gasteiger partial charge >= 0.3 is 0 Å². The number of carbonyl (C=O) groups is 1. The highest BCUT2D eigenvalue weighted by Gasteiger charge is 2.16. The van der Waals surface area contributed by atoms with Gasteiger partial charge in [-0.1, -0.05) is 13.8 Å². The molecule has 0 aliphatic rings. The van der Waals surface area contributed by atoms with Gasteiger partial charge in [0.05, 0.1) is 21.1 Å². The average molecular weight is 207 g/mol. The Labute approximate surface area is 91.3 Å². The summed E-state index contributed by atoms with van der Waals surface area (Å²) in [6.45, 7) is 3.80. The number of Topliss-reactive ketones (excluding diaryl/α,β-unsaturated/α-hetero) is 1. The molecule has 0 aliphatic carbocycles. The van der Waals surface area contributed by atoms with Crippen molar-refractivity contribution in [2.24, 2.45) is 5.92 Å². The lowest BCUT2D eigenvalue weighted by molar-refractivity contribution is 0.0939. The Bertz CT molecular complexity index is 347. The van der Waals surface area contributed by atoms with Crippen molar-refractivity contribution in [2.45, 2.75) is 13.8 Å². The third-order valence-corrected chi connectivity index (χ3v) is 2.24. The van der Waals surface area contributed by atoms with E-state index in [2.05, 4.69) is 4.98 Å². The molecule has 0 N–H and O–H groups in total. The molecule has 0 aromatic carbocycles. The molecule has 82 valence electrons. The molecule has 0 saturated carbocycles. The number of carbonyl (C=O) groups excluding carboxylic acids is 1. The molecule has 0 bridgehead atoms. The van der Waals surface area contributed by atoms with Crippen LogP contribution in [0.1, 0.15) is 24.2 Å². The Morgan fingerprint density at radius 2 is 1.87 bits per heavy atom. The van der Waals surface area contributed by atoms with Gasteiger partial charge in [-0.2, -0.15) is 0 Å². The second-order valence-corrected chi connectivity index (χ2v) is 4.94. The molecule has 0 unspecified atom stereocenters. The highest BCUT2D eigenvalue weighted by Crippen LogP contribution is 2.15. The van der Waals surface area contributed by atoms with Crippen LogP contribution in [0.25, 0.3) is 0 Å². The zero-order chi connectivity index (χ0) is 11.6. The summed E-state index contributed by atoms with van der Waals surface area (Å²) in [6, 6.07) is 3.77. The zero-order valence-corrected chi connectivity index (χ0v) is 10.1. The molecule has 1 rings (SSSR count). The standard InChI is InChI=1S/C12H19N2O/c1-9(2)12(15)10-6-7-11(13-8-10)14(3,4)5/h6-9H,1-5H3/q+1. The van der Waals surface area contributed by atoms with E-state index in [0.29, 0.717) is 10.0 Å². The summed E-state index contributed by atoms with van der Waals surface area (Å²) < 4.78 is 0.663. The summed E-state index contributed by atoms with van der Waals surface area (Å²) in [4.78, 5) is 16.0. The smallest absolute Gasteiger partial charge is 0.226 e. The molecule has 0 atom stereocenters. The SMILES string of the molecule is CC(C)C(=O)c1ccc([N+](C)(C)C)nc1. The van der Waals surface area contributed by atoms with Crippen molar-refractivity contribution in [3.8, 4) is 0 Å². The maximum atomic E-state index is 11.7. The van der Waals surface area contributed by atoms with Crippen molar-refractivity contribution >= 4 is 11.6 Å². The summed E-state index contributed by atoms with van der Waals surface area (Å²) in [5.41, 5.74) is 0.696. The topological polar surface area (TPSA) is 30.0 Å². The van der Waals surface area contributed by atoms with Gasteiger partial charge in [0.15, 0.2) is 5.78 Å². The molecule has 3 heteroatoms. The van der Waals surface area contributed by atoms with E-state index in [1.54, 1.807) is 6.20 Å². The van der Waals surface area contributed by atoms with Crippen molar-refractivity contribution in [1.29, 1.82) is 0 Å². The number of ketones is 1. The van der Waals surface area contributed by atoms with Crippen LogP contribution in [0.3, 0.4) is 0 Å². The summed E-state index contributed by atoms with van der Waals surface area (Å²) >= 11 is 0. The largest absolute Gasteiger partial charge is 0.294 e. The molecule has 0 radical (unpaired) electrons. The summed E-state index contributed by atoms with van der Waals surface area (Å²) in [5, 5.41) is 0. The second-order valence-electron chi connectivity index (χ2n) is 4.94. The van der Waals surface area contributed by atoms with E-state index < -0.39 is 0 Å². The molecule has 0 amide bonds. The first kappa shape index (κ1) is 11.9. The fourth-order valence-electron chi connectivity index (χ4n) is 1.26. The molecule has 3 nitrogen and oxygen atoms in total. The van der Waals surface area contributed by atoms with E-state index in [9.17, 15) is 4.79 Å². The molecule has 0 aliphatic heterocycles. The first-order valence-corrected chi connectivity index (χ1v) is 5.14. The molecule has 1 aromatic heterocycles. The van der Waals surface area contributed by atoms with Crippen molar-refractivity contribution in [3.05, 3.63) is 23.9 Å². The number of hydrogen-bond acceptors (Lipinski definition) is 2. The van der Waals surface area contributed by atoms with Crippen LogP contribution in [0.5, 0.6) is 0 Å². The van der Waals surface area contributed by atoms with Crippen LogP contribution in [0.15, 0.2) is 18.3 Å². The number of quaternary nitrogens is 1. The normalized spacial score (nSPS) is 11.9. The van der Waals surface area contributed by atoms with Crippen LogP contribution >= 0.6 is 0 Å². The highest BCUT2D eigenvalue weighted by atomic mass is 16.1. The number of pyridine rings is 1. The zero-order valence-electron chi connectivity index (χ0n) is 10.1. The van der Waals surface area contributed by atoms with E-state index >= 15 is 0 Å². The first-order valence-electron chi connectivity index (χ1n) is 5.14. The number of rotatable bonds is 3. The van der Waals surface area contributed by atoms with Crippen molar-refractivity contribution < 1.29 is 4.79 Å². The monoisotopic (exact) mass is 207 g/mol. The average Bonchev–Trinajstić information content (AvgIpc) is 2.15. The Morgan fingerprint density at radius 3 is 2.20 bits per heavy atom. The molecule has 15 heavy (non-hydrogen) atoms. The maximum Gasteiger partial charge on any atom is 0.226 e. The summed E-state index contributed by atoms with van der Waals surface area (Å²) in [5.74, 6) is 1.13. The maximum absolute atomic E-state index is 11.7. The van der Waals surface area contributed by atoms with Crippen LogP contribution in [0.2, 0.25) is 0 Å². The van der Waals surface area contributed by atoms with Crippen LogP contribution in [0.4, 0.5) is 5.82 Å². The molecule has 0 saturated heterocycles. The summed E-state index contributed by atoms with van der Waals surface area (Å²) in [7, 11) is 6.14. The third kappa shape index (κ3) is 2.86. The van der Waals surface area contributed by atoms with Crippen LogP contribution in [-0.2, 0) is 0 Å².